The standard InChI is InChI=1S/C23H22F3N5O3S/c1-30(2)20(33)6-4-5-18(32)13-7-10-17-16(11-13)27-21(31(17)3)29-22-28-15-9-8-14(12-19(15)35-22)34-23(24,25)26/h7-12H,4-6H2,1-3H3,(H,27,28,29). The zero-order valence-corrected chi connectivity index (χ0v) is 20.0. The van der Waals surface area contributed by atoms with Crippen molar-refractivity contribution >= 4 is 55.4 Å². The molecule has 0 aliphatic heterocycles. The Kier molecular flexibility index (Phi) is 6.66. The highest BCUT2D eigenvalue weighted by Gasteiger charge is 2.31. The van der Waals surface area contributed by atoms with Crippen molar-refractivity contribution in [2.45, 2.75) is 25.6 Å². The number of alkyl halides is 3. The fourth-order valence-electron chi connectivity index (χ4n) is 3.50. The van der Waals surface area contributed by atoms with Gasteiger partial charge in [0.1, 0.15) is 5.75 Å². The van der Waals surface area contributed by atoms with E-state index in [-0.39, 0.29) is 23.9 Å². The van der Waals surface area contributed by atoms with E-state index in [0.29, 0.717) is 45.2 Å². The Bertz CT molecular complexity index is 1410. The molecule has 0 spiro atoms. The number of benzene rings is 2. The summed E-state index contributed by atoms with van der Waals surface area (Å²) in [5, 5.41) is 3.54. The first-order valence-electron chi connectivity index (χ1n) is 10.6. The number of thiazole rings is 1. The molecule has 0 unspecified atom stereocenters. The quantitative estimate of drug-likeness (QED) is 0.329. The van der Waals surface area contributed by atoms with Crippen LogP contribution < -0.4 is 10.1 Å². The smallest absolute Gasteiger partial charge is 0.406 e. The number of halogens is 3. The van der Waals surface area contributed by atoms with Crippen LogP contribution in [0.1, 0.15) is 29.6 Å². The molecule has 35 heavy (non-hydrogen) atoms. The van der Waals surface area contributed by atoms with Gasteiger partial charge in [0, 0.05) is 45.6 Å². The van der Waals surface area contributed by atoms with Crippen molar-refractivity contribution in [3.8, 4) is 5.75 Å². The molecule has 0 saturated heterocycles. The Morgan fingerprint density at radius 1 is 1.09 bits per heavy atom. The van der Waals surface area contributed by atoms with Crippen LogP contribution in [0.15, 0.2) is 36.4 Å². The molecule has 0 saturated carbocycles. The van der Waals surface area contributed by atoms with Gasteiger partial charge in [-0.1, -0.05) is 11.3 Å². The van der Waals surface area contributed by atoms with Gasteiger partial charge in [-0.3, -0.25) is 9.59 Å². The van der Waals surface area contributed by atoms with E-state index in [1.165, 1.54) is 23.1 Å². The Morgan fingerprint density at radius 3 is 2.57 bits per heavy atom. The van der Waals surface area contributed by atoms with Gasteiger partial charge < -0.3 is 19.5 Å². The van der Waals surface area contributed by atoms with E-state index in [1.807, 2.05) is 0 Å². The van der Waals surface area contributed by atoms with Crippen molar-refractivity contribution in [2.24, 2.45) is 7.05 Å². The first-order valence-corrected chi connectivity index (χ1v) is 11.4. The van der Waals surface area contributed by atoms with Crippen LogP contribution >= 0.6 is 11.3 Å². The number of aromatic nitrogens is 3. The van der Waals surface area contributed by atoms with Crippen LogP contribution in [0, 0.1) is 0 Å². The van der Waals surface area contributed by atoms with Gasteiger partial charge in [-0.25, -0.2) is 9.97 Å². The van der Waals surface area contributed by atoms with Gasteiger partial charge >= 0.3 is 6.36 Å². The van der Waals surface area contributed by atoms with Crippen LogP contribution in [-0.4, -0.2) is 51.6 Å². The van der Waals surface area contributed by atoms with Gasteiger partial charge in [-0.2, -0.15) is 0 Å². The minimum atomic E-state index is -4.77. The van der Waals surface area contributed by atoms with E-state index >= 15 is 0 Å². The number of nitrogens with zero attached hydrogens (tertiary/aromatic N) is 4. The van der Waals surface area contributed by atoms with Crippen molar-refractivity contribution in [1.82, 2.24) is 19.4 Å². The molecule has 0 radical (unpaired) electrons. The predicted octanol–water partition coefficient (Wildman–Crippen LogP) is 5.27. The maximum absolute atomic E-state index is 12.6. The maximum Gasteiger partial charge on any atom is 0.573 e. The van der Waals surface area contributed by atoms with Crippen molar-refractivity contribution in [2.75, 3.05) is 19.4 Å². The molecule has 2 heterocycles. The predicted molar refractivity (Wildman–Crippen MR) is 127 cm³/mol. The Morgan fingerprint density at radius 2 is 1.86 bits per heavy atom. The van der Waals surface area contributed by atoms with Gasteiger partial charge in [-0.15, -0.1) is 13.2 Å². The van der Waals surface area contributed by atoms with Crippen LogP contribution in [0.3, 0.4) is 0 Å². The number of hydrogen-bond donors (Lipinski definition) is 1. The van der Waals surface area contributed by atoms with Crippen molar-refractivity contribution in [3.05, 3.63) is 42.0 Å². The van der Waals surface area contributed by atoms with E-state index in [9.17, 15) is 22.8 Å². The number of carbonyl (C=O) groups is 2. The zero-order chi connectivity index (χ0) is 25.3. The lowest BCUT2D eigenvalue weighted by Gasteiger charge is -2.09. The van der Waals surface area contributed by atoms with Crippen molar-refractivity contribution in [1.29, 1.82) is 0 Å². The molecule has 1 N–H and O–H groups in total. The van der Waals surface area contributed by atoms with Gasteiger partial charge in [0.2, 0.25) is 11.9 Å². The summed E-state index contributed by atoms with van der Waals surface area (Å²) in [5.41, 5.74) is 2.42. The minimum absolute atomic E-state index is 0.0207. The number of imidazole rings is 1. The highest BCUT2D eigenvalue weighted by atomic mass is 32.1. The molecule has 4 aromatic rings. The largest absolute Gasteiger partial charge is 0.573 e. The highest BCUT2D eigenvalue weighted by molar-refractivity contribution is 7.22. The second-order valence-electron chi connectivity index (χ2n) is 8.08. The summed E-state index contributed by atoms with van der Waals surface area (Å²) < 4.78 is 43.7. The number of ether oxygens (including phenoxy) is 1. The van der Waals surface area contributed by atoms with Crippen LogP contribution in [0.25, 0.3) is 21.3 Å². The molecule has 0 fully saturated rings. The molecule has 184 valence electrons. The maximum atomic E-state index is 12.6. The number of nitrogens with one attached hydrogen (secondary N) is 1. The normalized spacial score (nSPS) is 11.7. The third kappa shape index (κ3) is 5.70. The molecule has 2 aromatic carbocycles. The zero-order valence-electron chi connectivity index (χ0n) is 19.1. The fourth-order valence-corrected chi connectivity index (χ4v) is 4.39. The average molecular weight is 506 g/mol. The van der Waals surface area contributed by atoms with E-state index in [2.05, 4.69) is 20.0 Å². The topological polar surface area (TPSA) is 89.3 Å². The summed E-state index contributed by atoms with van der Waals surface area (Å²) in [6.07, 6.45) is -3.73. The minimum Gasteiger partial charge on any atom is -0.406 e. The van der Waals surface area contributed by atoms with Crippen LogP contribution in [0.5, 0.6) is 5.75 Å². The Labute approximate surface area is 202 Å². The van der Waals surface area contributed by atoms with E-state index < -0.39 is 6.36 Å². The molecule has 4 rings (SSSR count). The van der Waals surface area contributed by atoms with E-state index in [4.69, 9.17) is 0 Å². The number of anilines is 2. The van der Waals surface area contributed by atoms with Crippen molar-refractivity contribution < 1.29 is 27.5 Å². The monoisotopic (exact) mass is 505 g/mol. The lowest BCUT2D eigenvalue weighted by Crippen LogP contribution is -2.21. The van der Waals surface area contributed by atoms with Gasteiger partial charge in [0.05, 0.1) is 21.3 Å². The molecular formula is C23H22F3N5O3S. The van der Waals surface area contributed by atoms with E-state index in [0.717, 1.165) is 16.9 Å². The summed E-state index contributed by atoms with van der Waals surface area (Å²) in [4.78, 5) is 34.7. The molecule has 0 atom stereocenters. The number of amides is 1. The second-order valence-corrected chi connectivity index (χ2v) is 9.11. The molecule has 0 bridgehead atoms. The third-order valence-corrected chi connectivity index (χ3v) is 6.24. The Hall–Kier alpha value is -3.67. The van der Waals surface area contributed by atoms with Crippen LogP contribution in [0.2, 0.25) is 0 Å². The lowest BCUT2D eigenvalue weighted by atomic mass is 10.0. The summed E-state index contributed by atoms with van der Waals surface area (Å²) in [6.45, 7) is 0. The average Bonchev–Trinajstić information content (AvgIpc) is 3.31. The van der Waals surface area contributed by atoms with Crippen molar-refractivity contribution in [3.63, 3.8) is 0 Å². The second kappa shape index (κ2) is 9.53. The molecule has 0 aliphatic carbocycles. The molecular weight excluding hydrogens is 483 g/mol. The van der Waals surface area contributed by atoms with E-state index in [1.54, 1.807) is 43.9 Å². The number of fused-ring (bicyclic) bond motifs is 2. The first kappa shape index (κ1) is 24.5. The fraction of sp³-hybridized carbons (Fsp3) is 0.304. The number of Topliss-reactive ketones (excluding diaryl/α,β-unsaturated/α-hetero) is 1. The van der Waals surface area contributed by atoms with Crippen LogP contribution in [0.4, 0.5) is 24.3 Å². The molecule has 12 heteroatoms. The third-order valence-electron chi connectivity index (χ3n) is 5.31. The SMILES string of the molecule is CN(C)C(=O)CCCC(=O)c1ccc2c(c1)nc(Nc1nc3ccc(OC(F)(F)F)cc3s1)n2C. The number of rotatable bonds is 8. The number of carbonyl (C=O) groups excluding carboxylic acids is 2. The summed E-state index contributed by atoms with van der Waals surface area (Å²) in [6, 6.07) is 9.18. The molecule has 8 nitrogen and oxygen atoms in total. The Balaban J connectivity index is 1.50. The van der Waals surface area contributed by atoms with Gasteiger partial charge in [0.25, 0.3) is 0 Å². The van der Waals surface area contributed by atoms with Gasteiger partial charge in [0.15, 0.2) is 10.9 Å². The first-order chi connectivity index (χ1) is 16.5. The summed E-state index contributed by atoms with van der Waals surface area (Å²) in [7, 11) is 5.16. The van der Waals surface area contributed by atoms with Crippen LogP contribution in [-0.2, 0) is 11.8 Å². The number of hydrogen-bond acceptors (Lipinski definition) is 7. The number of aryl methyl sites for hydroxylation is 1. The molecule has 2 aromatic heterocycles. The molecule has 0 aliphatic rings. The lowest BCUT2D eigenvalue weighted by molar-refractivity contribution is -0.274. The summed E-state index contributed by atoms with van der Waals surface area (Å²) in [5.74, 6) is 0.0625. The summed E-state index contributed by atoms with van der Waals surface area (Å²) >= 11 is 1.16. The van der Waals surface area contributed by atoms with Gasteiger partial charge in [-0.05, 0) is 36.8 Å². The highest BCUT2D eigenvalue weighted by Crippen LogP contribution is 2.33. The molecule has 1 amide bonds. The number of ketones is 1.